The summed E-state index contributed by atoms with van der Waals surface area (Å²) < 4.78 is 56.1. The predicted octanol–water partition coefficient (Wildman–Crippen LogP) is 3.35. The molecule has 170 valence electrons. The summed E-state index contributed by atoms with van der Waals surface area (Å²) in [6.07, 6.45) is -2.75. The molecule has 0 aliphatic rings. The smallest absolute Gasteiger partial charge is 0.431 e. The number of hydrogen-bond acceptors (Lipinski definition) is 6. The number of unbranched alkanes of at least 4 members (excludes halogenated alkanes) is 2. The molecule has 0 aliphatic carbocycles. The summed E-state index contributed by atoms with van der Waals surface area (Å²) in [4.78, 5) is 32.4. The molecule has 0 bridgehead atoms. The first-order valence-electron chi connectivity index (χ1n) is 9.62. The van der Waals surface area contributed by atoms with Gasteiger partial charge in [-0.15, -0.1) is 0 Å². The molecule has 0 saturated carbocycles. The lowest BCUT2D eigenvalue weighted by molar-refractivity contribution is -0.142. The number of phenolic OH excluding ortho intramolecular Hbond substituents is 1. The van der Waals surface area contributed by atoms with Crippen molar-refractivity contribution in [3.63, 3.8) is 0 Å². The number of aromatic nitrogens is 3. The number of benzene rings is 1. The fourth-order valence-electron chi connectivity index (χ4n) is 3.17. The highest BCUT2D eigenvalue weighted by atomic mass is 19.4. The SMILES string of the molecule is CCCCCNc1nc(C(N)=O)nc2c(=O)n(-c3c(O)cccc3F)c(C(F)(F)F)cc12. The van der Waals surface area contributed by atoms with Crippen molar-refractivity contribution < 1.29 is 27.5 Å². The van der Waals surface area contributed by atoms with Gasteiger partial charge in [0.1, 0.15) is 28.5 Å². The topological polar surface area (TPSA) is 123 Å². The van der Waals surface area contributed by atoms with Gasteiger partial charge in [0.15, 0.2) is 5.82 Å². The number of anilines is 1. The average molecular weight is 453 g/mol. The van der Waals surface area contributed by atoms with E-state index in [1.54, 1.807) is 0 Å². The summed E-state index contributed by atoms with van der Waals surface area (Å²) in [7, 11) is 0. The third kappa shape index (κ3) is 4.34. The summed E-state index contributed by atoms with van der Waals surface area (Å²) in [5, 5.41) is 12.5. The van der Waals surface area contributed by atoms with E-state index in [0.29, 0.717) is 19.0 Å². The maximum atomic E-state index is 14.4. The van der Waals surface area contributed by atoms with Gasteiger partial charge in [-0.05, 0) is 24.6 Å². The number of amides is 1. The summed E-state index contributed by atoms with van der Waals surface area (Å²) in [6.45, 7) is 2.26. The lowest BCUT2D eigenvalue weighted by Crippen LogP contribution is -2.29. The van der Waals surface area contributed by atoms with E-state index in [0.717, 1.165) is 31.0 Å². The molecule has 1 aromatic carbocycles. The van der Waals surface area contributed by atoms with E-state index >= 15 is 0 Å². The number of para-hydroxylation sites is 1. The van der Waals surface area contributed by atoms with Gasteiger partial charge in [-0.25, -0.2) is 14.4 Å². The first-order valence-corrected chi connectivity index (χ1v) is 9.62. The highest BCUT2D eigenvalue weighted by molar-refractivity contribution is 5.95. The Morgan fingerprint density at radius 2 is 1.97 bits per heavy atom. The van der Waals surface area contributed by atoms with Crippen molar-refractivity contribution in [3.05, 3.63) is 52.0 Å². The standard InChI is InChI=1S/C20H19F4N5O3/c1-2-3-4-8-26-17-10-9-13(20(22,23)24)29(15-11(21)6-5-7-12(15)30)19(32)14(10)27-18(28-17)16(25)31/h5-7,9,30H,2-4,8H2,1H3,(H2,25,31)(H,26,27,28). The lowest BCUT2D eigenvalue weighted by atomic mass is 10.1. The molecule has 8 nitrogen and oxygen atoms in total. The molecule has 1 amide bonds. The molecule has 0 radical (unpaired) electrons. The number of fused-ring (bicyclic) bond motifs is 1. The third-order valence-corrected chi connectivity index (χ3v) is 4.65. The van der Waals surface area contributed by atoms with Gasteiger partial charge in [0.05, 0.1) is 5.39 Å². The molecule has 12 heteroatoms. The van der Waals surface area contributed by atoms with Crippen molar-refractivity contribution in [2.24, 2.45) is 5.73 Å². The zero-order chi connectivity index (χ0) is 23.6. The zero-order valence-corrected chi connectivity index (χ0v) is 16.8. The second-order valence-electron chi connectivity index (χ2n) is 6.93. The van der Waals surface area contributed by atoms with E-state index in [1.807, 2.05) is 6.92 Å². The maximum Gasteiger partial charge on any atom is 0.431 e. The monoisotopic (exact) mass is 453 g/mol. The van der Waals surface area contributed by atoms with Crippen LogP contribution in [0.3, 0.4) is 0 Å². The van der Waals surface area contributed by atoms with Crippen LogP contribution in [0.15, 0.2) is 29.1 Å². The molecule has 4 N–H and O–H groups in total. The first-order chi connectivity index (χ1) is 15.1. The highest BCUT2D eigenvalue weighted by Gasteiger charge is 2.37. The van der Waals surface area contributed by atoms with Crippen molar-refractivity contribution in [2.45, 2.75) is 32.4 Å². The minimum absolute atomic E-state index is 0.0222. The Balaban J connectivity index is 2.40. The van der Waals surface area contributed by atoms with E-state index in [2.05, 4.69) is 15.3 Å². The number of nitrogens with one attached hydrogen (secondary N) is 1. The van der Waals surface area contributed by atoms with E-state index in [4.69, 9.17) is 5.73 Å². The Morgan fingerprint density at radius 3 is 2.56 bits per heavy atom. The van der Waals surface area contributed by atoms with Crippen molar-refractivity contribution in [2.75, 3.05) is 11.9 Å². The van der Waals surface area contributed by atoms with Crippen molar-refractivity contribution in [1.29, 1.82) is 0 Å². The van der Waals surface area contributed by atoms with Gasteiger partial charge >= 0.3 is 6.18 Å². The highest BCUT2D eigenvalue weighted by Crippen LogP contribution is 2.35. The van der Waals surface area contributed by atoms with Crippen LogP contribution in [0.2, 0.25) is 0 Å². The van der Waals surface area contributed by atoms with Crippen LogP contribution in [0, 0.1) is 5.82 Å². The number of carbonyl (C=O) groups excluding carboxylic acids is 1. The third-order valence-electron chi connectivity index (χ3n) is 4.65. The number of primary amides is 1. The summed E-state index contributed by atoms with van der Waals surface area (Å²) in [5.74, 6) is -4.05. The first kappa shape index (κ1) is 23.0. The number of aromatic hydroxyl groups is 1. The van der Waals surface area contributed by atoms with Crippen molar-refractivity contribution >= 4 is 22.6 Å². The Morgan fingerprint density at radius 1 is 1.25 bits per heavy atom. The normalized spacial score (nSPS) is 11.7. The van der Waals surface area contributed by atoms with Crippen LogP contribution in [0.1, 0.15) is 42.5 Å². The van der Waals surface area contributed by atoms with Gasteiger partial charge in [-0.2, -0.15) is 13.2 Å². The molecule has 0 saturated heterocycles. The van der Waals surface area contributed by atoms with Crippen molar-refractivity contribution in [3.8, 4) is 11.4 Å². The average Bonchev–Trinajstić information content (AvgIpc) is 2.71. The largest absolute Gasteiger partial charge is 0.506 e. The number of hydrogen-bond donors (Lipinski definition) is 3. The van der Waals surface area contributed by atoms with Crippen LogP contribution in [0.4, 0.5) is 23.4 Å². The van der Waals surface area contributed by atoms with Crippen LogP contribution in [-0.2, 0) is 6.18 Å². The predicted molar refractivity (Wildman–Crippen MR) is 108 cm³/mol. The molecule has 0 aliphatic heterocycles. The molecule has 0 atom stereocenters. The molecular weight excluding hydrogens is 434 g/mol. The minimum Gasteiger partial charge on any atom is -0.506 e. The fourth-order valence-corrected chi connectivity index (χ4v) is 3.17. The number of halogens is 4. The van der Waals surface area contributed by atoms with Crippen LogP contribution in [0.25, 0.3) is 16.6 Å². The molecule has 3 aromatic rings. The number of phenols is 1. The number of pyridine rings is 1. The summed E-state index contributed by atoms with van der Waals surface area (Å²) in [6, 6.07) is 3.36. The second-order valence-corrected chi connectivity index (χ2v) is 6.93. The zero-order valence-electron chi connectivity index (χ0n) is 16.8. The molecule has 0 spiro atoms. The molecule has 0 unspecified atom stereocenters. The number of alkyl halides is 3. The Hall–Kier alpha value is -3.70. The lowest BCUT2D eigenvalue weighted by Gasteiger charge is -2.19. The Labute approximate surface area is 178 Å². The van der Waals surface area contributed by atoms with Gasteiger partial charge in [0.2, 0.25) is 5.82 Å². The minimum atomic E-state index is -5.11. The summed E-state index contributed by atoms with van der Waals surface area (Å²) >= 11 is 0. The molecule has 2 heterocycles. The van der Waals surface area contributed by atoms with Gasteiger partial charge < -0.3 is 16.2 Å². The molecule has 32 heavy (non-hydrogen) atoms. The Bertz CT molecular complexity index is 1220. The molecular formula is C20H19F4N5O3. The van der Waals surface area contributed by atoms with Crippen LogP contribution >= 0.6 is 0 Å². The second kappa shape index (κ2) is 8.81. The van der Waals surface area contributed by atoms with Crippen LogP contribution < -0.4 is 16.6 Å². The molecule has 2 aromatic heterocycles. The van der Waals surface area contributed by atoms with Crippen molar-refractivity contribution in [1.82, 2.24) is 14.5 Å². The van der Waals surface area contributed by atoms with E-state index in [9.17, 15) is 32.3 Å². The number of carbonyl (C=O) groups is 1. The van der Waals surface area contributed by atoms with Crippen LogP contribution in [-0.4, -0.2) is 32.1 Å². The maximum absolute atomic E-state index is 14.4. The quantitative estimate of drug-likeness (QED) is 0.373. The van der Waals surface area contributed by atoms with E-state index < -0.39 is 51.9 Å². The van der Waals surface area contributed by atoms with Gasteiger partial charge in [-0.3, -0.25) is 14.2 Å². The molecule has 3 rings (SSSR count). The van der Waals surface area contributed by atoms with Gasteiger partial charge in [0.25, 0.3) is 11.5 Å². The number of rotatable bonds is 7. The van der Waals surface area contributed by atoms with E-state index in [-0.39, 0.29) is 15.8 Å². The number of nitrogens with two attached hydrogens (primary N) is 1. The van der Waals surface area contributed by atoms with Gasteiger partial charge in [-0.1, -0.05) is 25.8 Å². The number of nitrogens with zero attached hydrogens (tertiary/aromatic N) is 3. The van der Waals surface area contributed by atoms with Crippen LogP contribution in [0.5, 0.6) is 5.75 Å². The Kier molecular flexibility index (Phi) is 6.32. The van der Waals surface area contributed by atoms with Gasteiger partial charge in [0, 0.05) is 6.54 Å². The summed E-state index contributed by atoms with van der Waals surface area (Å²) in [5.41, 5.74) is 0.665. The molecule has 0 fully saturated rings. The fraction of sp³-hybridized carbons (Fsp3) is 0.300. The van der Waals surface area contributed by atoms with E-state index in [1.165, 1.54) is 0 Å².